The van der Waals surface area contributed by atoms with Gasteiger partial charge in [-0.15, -0.1) is 0 Å². The average molecular weight is 319 g/mol. The molecule has 1 fully saturated rings. The fourth-order valence-electron chi connectivity index (χ4n) is 3.50. The molecule has 0 amide bonds. The zero-order valence-electron chi connectivity index (χ0n) is 12.0. The summed E-state index contributed by atoms with van der Waals surface area (Å²) in [4.78, 5) is 0.200. The number of aromatic amines is 1. The van der Waals surface area contributed by atoms with E-state index in [4.69, 9.17) is 4.74 Å². The summed E-state index contributed by atoms with van der Waals surface area (Å²) in [5.74, 6) is 0. The number of benzene rings is 1. The summed E-state index contributed by atoms with van der Waals surface area (Å²) in [6.07, 6.45) is 4.47. The molecule has 2 aliphatic rings. The fraction of sp³-hybridized carbons (Fsp3) is 0.400. The molecule has 7 heteroatoms. The normalized spacial score (nSPS) is 20.3. The van der Waals surface area contributed by atoms with Crippen LogP contribution < -0.4 is 4.31 Å². The van der Waals surface area contributed by atoms with Gasteiger partial charge in [0.15, 0.2) is 0 Å². The van der Waals surface area contributed by atoms with Gasteiger partial charge in [-0.05, 0) is 24.5 Å². The van der Waals surface area contributed by atoms with E-state index in [1.54, 1.807) is 0 Å². The Labute approximate surface area is 129 Å². The molecule has 2 aromatic rings. The highest BCUT2D eigenvalue weighted by atomic mass is 32.2. The van der Waals surface area contributed by atoms with E-state index in [1.165, 1.54) is 16.7 Å². The summed E-state index contributed by atoms with van der Waals surface area (Å²) in [7, 11) is -3.59. The number of hydrogen-bond acceptors (Lipinski definition) is 4. The molecule has 0 unspecified atom stereocenters. The van der Waals surface area contributed by atoms with Gasteiger partial charge in [0.1, 0.15) is 4.90 Å². The van der Waals surface area contributed by atoms with Crippen molar-refractivity contribution in [2.75, 3.05) is 24.1 Å². The first-order valence-electron chi connectivity index (χ1n) is 7.32. The van der Waals surface area contributed by atoms with E-state index < -0.39 is 10.0 Å². The number of H-pyrrole nitrogens is 1. The van der Waals surface area contributed by atoms with Gasteiger partial charge in [-0.25, -0.2) is 8.42 Å². The second kappa shape index (κ2) is 4.82. The van der Waals surface area contributed by atoms with Crippen molar-refractivity contribution >= 4 is 15.7 Å². The molecule has 1 N–H and O–H groups in total. The van der Waals surface area contributed by atoms with E-state index in [1.807, 2.05) is 24.3 Å². The first-order valence-corrected chi connectivity index (χ1v) is 8.76. The van der Waals surface area contributed by atoms with Crippen LogP contribution >= 0.6 is 0 Å². The van der Waals surface area contributed by atoms with Gasteiger partial charge in [-0.2, -0.15) is 5.10 Å². The minimum Gasteiger partial charge on any atom is -0.381 e. The molecule has 116 valence electrons. The Morgan fingerprint density at radius 1 is 1.23 bits per heavy atom. The molecule has 1 saturated heterocycles. The quantitative estimate of drug-likeness (QED) is 0.913. The van der Waals surface area contributed by atoms with E-state index in [9.17, 15) is 8.42 Å². The van der Waals surface area contributed by atoms with Gasteiger partial charge in [0, 0.05) is 31.4 Å². The van der Waals surface area contributed by atoms with Crippen LogP contribution in [0.1, 0.15) is 18.4 Å². The largest absolute Gasteiger partial charge is 0.381 e. The molecule has 22 heavy (non-hydrogen) atoms. The van der Waals surface area contributed by atoms with Gasteiger partial charge in [-0.1, -0.05) is 18.2 Å². The Bertz CT molecular complexity index is 780. The molecule has 3 heterocycles. The van der Waals surface area contributed by atoms with Crippen LogP contribution in [0.2, 0.25) is 0 Å². The number of sulfonamides is 1. The number of aromatic nitrogens is 2. The lowest BCUT2D eigenvalue weighted by atomic mass is 9.76. The number of fused-ring (bicyclic) bond motifs is 2. The summed E-state index contributed by atoms with van der Waals surface area (Å²) >= 11 is 0. The van der Waals surface area contributed by atoms with Gasteiger partial charge < -0.3 is 4.74 Å². The smallest absolute Gasteiger partial charge is 0.267 e. The van der Waals surface area contributed by atoms with E-state index >= 15 is 0 Å². The highest BCUT2D eigenvalue weighted by Crippen LogP contribution is 2.48. The number of nitrogens with one attached hydrogen (secondary N) is 1. The molecule has 1 aromatic carbocycles. The Hall–Kier alpha value is -1.86. The molecular formula is C15H17N3O3S. The number of ether oxygens (including phenoxy) is 1. The molecule has 1 aromatic heterocycles. The number of anilines is 1. The van der Waals surface area contributed by atoms with Gasteiger partial charge >= 0.3 is 0 Å². The van der Waals surface area contributed by atoms with Crippen LogP contribution in [0.15, 0.2) is 41.6 Å². The molecule has 4 rings (SSSR count). The van der Waals surface area contributed by atoms with Crippen molar-refractivity contribution in [3.63, 3.8) is 0 Å². The van der Waals surface area contributed by atoms with Gasteiger partial charge in [0.25, 0.3) is 10.0 Å². The van der Waals surface area contributed by atoms with Gasteiger partial charge in [-0.3, -0.25) is 9.40 Å². The van der Waals surface area contributed by atoms with Crippen LogP contribution in [0.25, 0.3) is 0 Å². The van der Waals surface area contributed by atoms with E-state index in [2.05, 4.69) is 10.2 Å². The first kappa shape index (κ1) is 13.8. The Morgan fingerprint density at radius 2 is 2.00 bits per heavy atom. The van der Waals surface area contributed by atoms with E-state index in [0.717, 1.165) is 24.1 Å². The molecule has 0 saturated carbocycles. The lowest BCUT2D eigenvalue weighted by Gasteiger charge is -2.34. The maximum atomic E-state index is 12.9. The summed E-state index contributed by atoms with van der Waals surface area (Å²) in [6, 6.07) is 7.79. The van der Waals surface area contributed by atoms with Crippen molar-refractivity contribution < 1.29 is 13.2 Å². The molecular weight excluding hydrogens is 302 g/mol. The summed E-state index contributed by atoms with van der Waals surface area (Å²) < 4.78 is 32.8. The zero-order valence-corrected chi connectivity index (χ0v) is 12.8. The molecule has 1 spiro atoms. The minimum absolute atomic E-state index is 0.133. The van der Waals surface area contributed by atoms with Gasteiger partial charge in [0.05, 0.1) is 11.9 Å². The summed E-state index contributed by atoms with van der Waals surface area (Å²) in [5, 5.41) is 6.35. The average Bonchev–Trinajstić information content (AvgIpc) is 3.17. The van der Waals surface area contributed by atoms with E-state index in [-0.39, 0.29) is 10.3 Å². The van der Waals surface area contributed by atoms with Crippen molar-refractivity contribution in [2.45, 2.75) is 23.2 Å². The van der Waals surface area contributed by atoms with Crippen molar-refractivity contribution in [2.24, 2.45) is 0 Å². The van der Waals surface area contributed by atoms with Crippen LogP contribution in [0, 0.1) is 0 Å². The standard InChI is InChI=1S/C15H17N3O3S/c19-22(20,12-9-16-17-10-12)18-11-15(5-7-21-8-6-15)13-3-1-2-4-14(13)18/h1-4,9-10H,5-8,11H2,(H,16,17). The van der Waals surface area contributed by atoms with Crippen LogP contribution in [-0.4, -0.2) is 38.4 Å². The molecule has 6 nitrogen and oxygen atoms in total. The highest BCUT2D eigenvalue weighted by molar-refractivity contribution is 7.92. The Kier molecular flexibility index (Phi) is 3.02. The molecule has 0 atom stereocenters. The van der Waals surface area contributed by atoms with Crippen molar-refractivity contribution in [1.82, 2.24) is 10.2 Å². The second-order valence-corrected chi connectivity index (χ2v) is 7.72. The minimum atomic E-state index is -3.59. The Balaban J connectivity index is 1.83. The number of nitrogens with zero attached hydrogens (tertiary/aromatic N) is 2. The number of rotatable bonds is 2. The lowest BCUT2D eigenvalue weighted by molar-refractivity contribution is 0.0560. The van der Waals surface area contributed by atoms with Crippen molar-refractivity contribution in [3.8, 4) is 0 Å². The first-order chi connectivity index (χ1) is 10.6. The van der Waals surface area contributed by atoms with Crippen molar-refractivity contribution in [1.29, 1.82) is 0 Å². The summed E-state index contributed by atoms with van der Waals surface area (Å²) in [5.41, 5.74) is 1.77. The highest BCUT2D eigenvalue weighted by Gasteiger charge is 2.47. The fourth-order valence-corrected chi connectivity index (χ4v) is 4.97. The van der Waals surface area contributed by atoms with Crippen LogP contribution in [0.3, 0.4) is 0 Å². The van der Waals surface area contributed by atoms with Crippen LogP contribution in [0.5, 0.6) is 0 Å². The zero-order chi connectivity index (χ0) is 15.2. The predicted octanol–water partition coefficient (Wildman–Crippen LogP) is 1.67. The third kappa shape index (κ3) is 1.89. The predicted molar refractivity (Wildman–Crippen MR) is 81.3 cm³/mol. The maximum Gasteiger partial charge on any atom is 0.267 e. The second-order valence-electron chi connectivity index (χ2n) is 5.86. The molecule has 2 aliphatic heterocycles. The van der Waals surface area contributed by atoms with E-state index in [0.29, 0.717) is 19.8 Å². The Morgan fingerprint density at radius 3 is 2.73 bits per heavy atom. The topological polar surface area (TPSA) is 75.3 Å². The number of hydrogen-bond donors (Lipinski definition) is 1. The third-order valence-corrected chi connectivity index (χ3v) is 6.43. The molecule has 0 radical (unpaired) electrons. The van der Waals surface area contributed by atoms with Crippen molar-refractivity contribution in [3.05, 3.63) is 42.2 Å². The SMILES string of the molecule is O=S(=O)(c1cn[nH]c1)N1CC2(CCOCC2)c2ccccc21. The molecule has 0 bridgehead atoms. The third-order valence-electron chi connectivity index (χ3n) is 4.70. The number of para-hydroxylation sites is 1. The molecule has 0 aliphatic carbocycles. The maximum absolute atomic E-state index is 12.9. The lowest BCUT2D eigenvalue weighted by Crippen LogP contribution is -2.40. The monoisotopic (exact) mass is 319 g/mol. The van der Waals surface area contributed by atoms with Crippen LogP contribution in [-0.2, 0) is 20.2 Å². The summed E-state index contributed by atoms with van der Waals surface area (Å²) in [6.45, 7) is 1.82. The van der Waals surface area contributed by atoms with Crippen LogP contribution in [0.4, 0.5) is 5.69 Å². The van der Waals surface area contributed by atoms with Gasteiger partial charge in [0.2, 0.25) is 0 Å².